The minimum atomic E-state index is 0.286. The molecule has 0 spiro atoms. The van der Waals surface area contributed by atoms with Crippen LogP contribution in [0, 0.1) is 11.8 Å². The van der Waals surface area contributed by atoms with Crippen LogP contribution in [-0.4, -0.2) is 29.9 Å². The SMILES string of the molecule is CC(C)CC(C)N1CC(CN)CC1=O. The van der Waals surface area contributed by atoms with Gasteiger partial charge in [0.15, 0.2) is 0 Å². The van der Waals surface area contributed by atoms with E-state index in [9.17, 15) is 4.79 Å². The van der Waals surface area contributed by atoms with Gasteiger partial charge in [-0.2, -0.15) is 0 Å². The lowest BCUT2D eigenvalue weighted by Crippen LogP contribution is -2.35. The molecule has 3 nitrogen and oxygen atoms in total. The Morgan fingerprint density at radius 2 is 2.14 bits per heavy atom. The summed E-state index contributed by atoms with van der Waals surface area (Å²) in [5, 5.41) is 0. The van der Waals surface area contributed by atoms with Crippen molar-refractivity contribution in [1.82, 2.24) is 4.90 Å². The van der Waals surface area contributed by atoms with Crippen LogP contribution in [0.2, 0.25) is 0 Å². The summed E-state index contributed by atoms with van der Waals surface area (Å²) in [5.41, 5.74) is 5.58. The van der Waals surface area contributed by atoms with E-state index >= 15 is 0 Å². The first kappa shape index (κ1) is 11.5. The highest BCUT2D eigenvalue weighted by molar-refractivity contribution is 5.79. The van der Waals surface area contributed by atoms with Crippen molar-refractivity contribution in [1.29, 1.82) is 0 Å². The standard InChI is InChI=1S/C11H22N2O/c1-8(2)4-9(3)13-7-10(6-12)5-11(13)14/h8-10H,4-7,12H2,1-3H3. The second kappa shape index (κ2) is 4.78. The number of carbonyl (C=O) groups excluding carboxylic acids is 1. The van der Waals surface area contributed by atoms with E-state index in [1.165, 1.54) is 0 Å². The Morgan fingerprint density at radius 1 is 1.50 bits per heavy atom. The molecule has 1 aliphatic rings. The van der Waals surface area contributed by atoms with Crippen LogP contribution >= 0.6 is 0 Å². The molecule has 1 aliphatic heterocycles. The Morgan fingerprint density at radius 3 is 2.57 bits per heavy atom. The number of hydrogen-bond acceptors (Lipinski definition) is 2. The van der Waals surface area contributed by atoms with Gasteiger partial charge < -0.3 is 10.6 Å². The summed E-state index contributed by atoms with van der Waals surface area (Å²) >= 11 is 0. The Kier molecular flexibility index (Phi) is 3.93. The predicted molar refractivity (Wildman–Crippen MR) is 57.8 cm³/mol. The van der Waals surface area contributed by atoms with Gasteiger partial charge in [-0.1, -0.05) is 13.8 Å². The summed E-state index contributed by atoms with van der Waals surface area (Å²) in [6.07, 6.45) is 1.74. The van der Waals surface area contributed by atoms with E-state index in [4.69, 9.17) is 5.73 Å². The first-order valence-electron chi connectivity index (χ1n) is 5.54. The van der Waals surface area contributed by atoms with Crippen LogP contribution in [0.15, 0.2) is 0 Å². The van der Waals surface area contributed by atoms with Gasteiger partial charge in [-0.05, 0) is 31.7 Å². The summed E-state index contributed by atoms with van der Waals surface area (Å²) < 4.78 is 0. The van der Waals surface area contributed by atoms with Crippen molar-refractivity contribution in [2.24, 2.45) is 17.6 Å². The van der Waals surface area contributed by atoms with Crippen LogP contribution in [0.1, 0.15) is 33.6 Å². The first-order valence-corrected chi connectivity index (χ1v) is 5.54. The van der Waals surface area contributed by atoms with Crippen LogP contribution in [0.5, 0.6) is 0 Å². The van der Waals surface area contributed by atoms with Gasteiger partial charge >= 0.3 is 0 Å². The van der Waals surface area contributed by atoms with E-state index in [1.807, 2.05) is 4.90 Å². The maximum atomic E-state index is 11.6. The van der Waals surface area contributed by atoms with Crippen molar-refractivity contribution in [3.05, 3.63) is 0 Å². The largest absolute Gasteiger partial charge is 0.340 e. The molecule has 2 unspecified atom stereocenters. The highest BCUT2D eigenvalue weighted by Crippen LogP contribution is 2.22. The molecule has 0 saturated carbocycles. The molecule has 14 heavy (non-hydrogen) atoms. The maximum absolute atomic E-state index is 11.6. The molecular formula is C11H22N2O. The van der Waals surface area contributed by atoms with E-state index in [2.05, 4.69) is 20.8 Å². The van der Waals surface area contributed by atoms with Crippen LogP contribution < -0.4 is 5.73 Å². The fourth-order valence-electron chi connectivity index (χ4n) is 2.20. The molecule has 82 valence electrons. The lowest BCUT2D eigenvalue weighted by atomic mass is 10.0. The predicted octanol–water partition coefficient (Wildman–Crippen LogP) is 1.23. The van der Waals surface area contributed by atoms with Gasteiger partial charge in [0.1, 0.15) is 0 Å². The normalized spacial score (nSPS) is 24.8. The molecule has 0 aromatic heterocycles. The van der Waals surface area contributed by atoms with Crippen molar-refractivity contribution in [2.45, 2.75) is 39.7 Å². The van der Waals surface area contributed by atoms with Gasteiger partial charge in [-0.15, -0.1) is 0 Å². The van der Waals surface area contributed by atoms with Crippen molar-refractivity contribution in [3.63, 3.8) is 0 Å². The molecule has 0 aromatic rings. The monoisotopic (exact) mass is 198 g/mol. The molecule has 0 bridgehead atoms. The number of nitrogens with zero attached hydrogens (tertiary/aromatic N) is 1. The summed E-state index contributed by atoms with van der Waals surface area (Å²) in [6.45, 7) is 8.02. The third kappa shape index (κ3) is 2.71. The Bertz CT molecular complexity index is 203. The minimum absolute atomic E-state index is 0.286. The number of nitrogens with two attached hydrogens (primary N) is 1. The molecule has 0 radical (unpaired) electrons. The van der Waals surface area contributed by atoms with Gasteiger partial charge in [0.25, 0.3) is 0 Å². The summed E-state index contributed by atoms with van der Waals surface area (Å²) in [6, 6.07) is 0.374. The van der Waals surface area contributed by atoms with Gasteiger partial charge in [0, 0.05) is 19.0 Å². The highest BCUT2D eigenvalue weighted by Gasteiger charge is 2.31. The van der Waals surface area contributed by atoms with Crippen LogP contribution in [0.3, 0.4) is 0 Å². The van der Waals surface area contributed by atoms with E-state index in [0.29, 0.717) is 30.8 Å². The zero-order valence-corrected chi connectivity index (χ0v) is 9.49. The number of hydrogen-bond donors (Lipinski definition) is 1. The number of carbonyl (C=O) groups is 1. The highest BCUT2D eigenvalue weighted by atomic mass is 16.2. The van der Waals surface area contributed by atoms with E-state index in [0.717, 1.165) is 13.0 Å². The van der Waals surface area contributed by atoms with Gasteiger partial charge in [0.2, 0.25) is 5.91 Å². The van der Waals surface area contributed by atoms with Crippen LogP contribution in [-0.2, 0) is 4.79 Å². The molecule has 1 amide bonds. The Hall–Kier alpha value is -0.570. The van der Waals surface area contributed by atoms with Crippen LogP contribution in [0.25, 0.3) is 0 Å². The molecule has 1 heterocycles. The quantitative estimate of drug-likeness (QED) is 0.738. The third-order valence-corrected chi connectivity index (χ3v) is 2.92. The second-order valence-electron chi connectivity index (χ2n) is 4.83. The minimum Gasteiger partial charge on any atom is -0.340 e. The third-order valence-electron chi connectivity index (χ3n) is 2.92. The average molecular weight is 198 g/mol. The molecule has 3 heteroatoms. The second-order valence-corrected chi connectivity index (χ2v) is 4.83. The summed E-state index contributed by atoms with van der Waals surface area (Å²) in [7, 11) is 0. The molecule has 1 fully saturated rings. The zero-order valence-electron chi connectivity index (χ0n) is 9.49. The van der Waals surface area contributed by atoms with Crippen LogP contribution in [0.4, 0.5) is 0 Å². The summed E-state index contributed by atoms with van der Waals surface area (Å²) in [4.78, 5) is 13.6. The van der Waals surface area contributed by atoms with Crippen molar-refractivity contribution in [2.75, 3.05) is 13.1 Å². The van der Waals surface area contributed by atoms with Gasteiger partial charge in [-0.3, -0.25) is 4.79 Å². The van der Waals surface area contributed by atoms with Gasteiger partial charge in [0.05, 0.1) is 0 Å². The Labute approximate surface area is 86.6 Å². The van der Waals surface area contributed by atoms with Crippen molar-refractivity contribution < 1.29 is 4.79 Å². The fraction of sp³-hybridized carbons (Fsp3) is 0.909. The van der Waals surface area contributed by atoms with E-state index in [-0.39, 0.29) is 5.91 Å². The number of rotatable bonds is 4. The van der Waals surface area contributed by atoms with E-state index in [1.54, 1.807) is 0 Å². The fourth-order valence-corrected chi connectivity index (χ4v) is 2.20. The van der Waals surface area contributed by atoms with Crippen molar-refractivity contribution >= 4 is 5.91 Å². The lowest BCUT2D eigenvalue weighted by molar-refractivity contribution is -0.129. The molecule has 0 aliphatic carbocycles. The smallest absolute Gasteiger partial charge is 0.223 e. The first-order chi connectivity index (χ1) is 6.54. The molecule has 2 atom stereocenters. The molecule has 1 saturated heterocycles. The Balaban J connectivity index is 2.48. The number of amides is 1. The van der Waals surface area contributed by atoms with Crippen molar-refractivity contribution in [3.8, 4) is 0 Å². The maximum Gasteiger partial charge on any atom is 0.223 e. The van der Waals surface area contributed by atoms with Gasteiger partial charge in [-0.25, -0.2) is 0 Å². The molecular weight excluding hydrogens is 176 g/mol. The molecule has 0 aromatic carbocycles. The summed E-state index contributed by atoms with van der Waals surface area (Å²) in [5.74, 6) is 1.32. The zero-order chi connectivity index (χ0) is 10.7. The average Bonchev–Trinajstić information content (AvgIpc) is 2.45. The topological polar surface area (TPSA) is 46.3 Å². The lowest BCUT2D eigenvalue weighted by Gasteiger charge is -2.26. The van der Waals surface area contributed by atoms with E-state index < -0.39 is 0 Å². The molecule has 1 rings (SSSR count). The molecule has 2 N–H and O–H groups in total. The number of likely N-dealkylation sites (tertiary alicyclic amines) is 1.